The van der Waals surface area contributed by atoms with Gasteiger partial charge in [-0.15, -0.1) is 11.8 Å². The second-order valence-electron chi connectivity index (χ2n) is 6.13. The van der Waals surface area contributed by atoms with Crippen LogP contribution in [0.5, 0.6) is 0 Å². The van der Waals surface area contributed by atoms with Gasteiger partial charge in [-0.1, -0.05) is 6.07 Å². The Balaban J connectivity index is 2.02. The highest BCUT2D eigenvalue weighted by Gasteiger charge is 2.19. The van der Waals surface area contributed by atoms with E-state index in [0.717, 1.165) is 17.3 Å². The average Bonchev–Trinajstić information content (AvgIpc) is 2.95. The van der Waals surface area contributed by atoms with E-state index in [1.807, 2.05) is 27.1 Å². The van der Waals surface area contributed by atoms with Crippen molar-refractivity contribution in [3.63, 3.8) is 0 Å². The molecule has 1 amide bonds. The van der Waals surface area contributed by atoms with Crippen LogP contribution in [-0.4, -0.2) is 38.2 Å². The molecule has 25 heavy (non-hydrogen) atoms. The van der Waals surface area contributed by atoms with E-state index in [2.05, 4.69) is 5.10 Å². The quantitative estimate of drug-likeness (QED) is 0.559. The number of benzene rings is 1. The molecule has 0 aliphatic carbocycles. The number of hydrogen-bond acceptors (Lipinski definition) is 4. The summed E-state index contributed by atoms with van der Waals surface area (Å²) < 4.78 is 15.8. The second-order valence-corrected chi connectivity index (χ2v) is 7.14. The van der Waals surface area contributed by atoms with Crippen molar-refractivity contribution in [3.8, 4) is 0 Å². The van der Waals surface area contributed by atoms with Crippen LogP contribution in [0.1, 0.15) is 36.7 Å². The Kier molecular flexibility index (Phi) is 6.36. The van der Waals surface area contributed by atoms with Gasteiger partial charge in [-0.25, -0.2) is 4.39 Å². The Morgan fingerprint density at radius 3 is 2.60 bits per heavy atom. The van der Waals surface area contributed by atoms with Gasteiger partial charge in [-0.3, -0.25) is 14.3 Å². The third-order valence-electron chi connectivity index (χ3n) is 3.74. The van der Waals surface area contributed by atoms with Gasteiger partial charge in [0, 0.05) is 41.9 Å². The summed E-state index contributed by atoms with van der Waals surface area (Å²) >= 11 is 1.14. The summed E-state index contributed by atoms with van der Waals surface area (Å²) in [5, 5.41) is 4.11. The third kappa shape index (κ3) is 5.16. The predicted molar refractivity (Wildman–Crippen MR) is 96.0 cm³/mol. The Labute approximate surface area is 151 Å². The highest BCUT2D eigenvalue weighted by atomic mass is 32.2. The van der Waals surface area contributed by atoms with Crippen molar-refractivity contribution in [1.29, 1.82) is 0 Å². The van der Waals surface area contributed by atoms with Crippen molar-refractivity contribution in [3.05, 3.63) is 47.5 Å². The van der Waals surface area contributed by atoms with Crippen molar-refractivity contribution in [2.24, 2.45) is 7.05 Å². The smallest absolute Gasteiger partial charge is 0.233 e. The fraction of sp³-hybridized carbons (Fsp3) is 0.389. The first-order chi connectivity index (χ1) is 11.8. The molecule has 0 atom stereocenters. The lowest BCUT2D eigenvalue weighted by Crippen LogP contribution is -2.37. The monoisotopic (exact) mass is 363 g/mol. The lowest BCUT2D eigenvalue weighted by Gasteiger charge is -2.26. The molecule has 5 nitrogen and oxygen atoms in total. The maximum absolute atomic E-state index is 14.1. The molecule has 0 radical (unpaired) electrons. The molecule has 1 aromatic heterocycles. The van der Waals surface area contributed by atoms with Gasteiger partial charge < -0.3 is 4.90 Å². The zero-order chi connectivity index (χ0) is 18.6. The lowest BCUT2D eigenvalue weighted by atomic mass is 10.1. The predicted octanol–water partition coefficient (Wildman–Crippen LogP) is 3.29. The van der Waals surface area contributed by atoms with Crippen LogP contribution in [-0.2, 0) is 18.4 Å². The molecule has 0 bridgehead atoms. The van der Waals surface area contributed by atoms with Crippen molar-refractivity contribution in [2.75, 3.05) is 5.75 Å². The molecule has 0 spiro atoms. The number of nitrogens with zero attached hydrogens (tertiary/aromatic N) is 3. The van der Waals surface area contributed by atoms with Gasteiger partial charge in [-0.05, 0) is 32.9 Å². The van der Waals surface area contributed by atoms with E-state index in [1.165, 1.54) is 13.0 Å². The number of aromatic nitrogens is 2. The van der Waals surface area contributed by atoms with Crippen LogP contribution in [0.3, 0.4) is 0 Å². The number of hydrogen-bond donors (Lipinski definition) is 0. The number of rotatable bonds is 7. The first-order valence-electron chi connectivity index (χ1n) is 7.98. The van der Waals surface area contributed by atoms with Gasteiger partial charge >= 0.3 is 0 Å². The summed E-state index contributed by atoms with van der Waals surface area (Å²) in [6.45, 7) is 5.75. The Morgan fingerprint density at radius 1 is 1.36 bits per heavy atom. The number of aryl methyl sites for hydroxylation is 1. The molecule has 0 N–H and O–H groups in total. The third-order valence-corrected chi connectivity index (χ3v) is 4.78. The van der Waals surface area contributed by atoms with Gasteiger partial charge in [0.1, 0.15) is 5.82 Å². The summed E-state index contributed by atoms with van der Waals surface area (Å²) in [5.41, 5.74) is 1.28. The Hall–Kier alpha value is -2.15. The van der Waals surface area contributed by atoms with Crippen molar-refractivity contribution in [1.82, 2.24) is 14.7 Å². The highest BCUT2D eigenvalue weighted by molar-refractivity contribution is 8.00. The minimum atomic E-state index is -0.478. The number of carbonyl (C=O) groups is 2. The van der Waals surface area contributed by atoms with Crippen LogP contribution >= 0.6 is 11.8 Å². The fourth-order valence-electron chi connectivity index (χ4n) is 2.37. The Morgan fingerprint density at radius 2 is 2.08 bits per heavy atom. The maximum atomic E-state index is 14.1. The minimum absolute atomic E-state index is 0.0261. The molecule has 0 aliphatic rings. The molecule has 0 unspecified atom stereocenters. The van der Waals surface area contributed by atoms with E-state index < -0.39 is 5.82 Å². The number of halogens is 1. The van der Waals surface area contributed by atoms with Crippen LogP contribution in [0.25, 0.3) is 0 Å². The molecule has 7 heteroatoms. The largest absolute Gasteiger partial charge is 0.335 e. The minimum Gasteiger partial charge on any atom is -0.335 e. The summed E-state index contributed by atoms with van der Waals surface area (Å²) in [6, 6.07) is 4.36. The molecule has 0 aliphatic heterocycles. The first kappa shape index (κ1) is 19.2. The van der Waals surface area contributed by atoms with Gasteiger partial charge in [0.25, 0.3) is 0 Å². The molecule has 0 saturated carbocycles. The van der Waals surface area contributed by atoms with Crippen LogP contribution in [0.2, 0.25) is 0 Å². The Bertz CT molecular complexity index is 773. The molecule has 1 aromatic carbocycles. The van der Waals surface area contributed by atoms with Gasteiger partial charge in [-0.2, -0.15) is 5.10 Å². The van der Waals surface area contributed by atoms with Gasteiger partial charge in [0.05, 0.1) is 11.9 Å². The van der Waals surface area contributed by atoms with E-state index >= 15 is 0 Å². The second kappa shape index (κ2) is 8.29. The summed E-state index contributed by atoms with van der Waals surface area (Å²) in [7, 11) is 1.83. The van der Waals surface area contributed by atoms with Crippen molar-refractivity contribution >= 4 is 23.5 Å². The average molecular weight is 363 g/mol. The van der Waals surface area contributed by atoms with E-state index in [4.69, 9.17) is 0 Å². The topological polar surface area (TPSA) is 55.2 Å². The zero-order valence-electron chi connectivity index (χ0n) is 14.8. The first-order valence-corrected chi connectivity index (χ1v) is 8.96. The van der Waals surface area contributed by atoms with Crippen LogP contribution < -0.4 is 0 Å². The lowest BCUT2D eigenvalue weighted by molar-refractivity contribution is -0.130. The number of amides is 1. The summed E-state index contributed by atoms with van der Waals surface area (Å²) in [4.78, 5) is 25.9. The number of thioether (sulfide) groups is 1. The van der Waals surface area contributed by atoms with Crippen LogP contribution in [0.4, 0.5) is 4.39 Å². The van der Waals surface area contributed by atoms with E-state index in [-0.39, 0.29) is 23.5 Å². The normalized spacial score (nSPS) is 11.0. The molecule has 2 aromatic rings. The highest BCUT2D eigenvalue weighted by Crippen LogP contribution is 2.24. The molecule has 0 fully saturated rings. The fourth-order valence-corrected chi connectivity index (χ4v) is 3.17. The standard InChI is InChI=1S/C18H22FN3O2S/c1-12(2)22(10-14-8-20-21(4)9-14)18(24)11-25-17-6-5-15(13(3)23)7-16(17)19/h5-9,12H,10-11H2,1-4H3. The molecule has 0 saturated heterocycles. The maximum Gasteiger partial charge on any atom is 0.233 e. The van der Waals surface area contributed by atoms with Gasteiger partial charge in [0.15, 0.2) is 5.78 Å². The molecular formula is C18H22FN3O2S. The van der Waals surface area contributed by atoms with E-state index in [1.54, 1.807) is 27.9 Å². The summed E-state index contributed by atoms with van der Waals surface area (Å²) in [6.07, 6.45) is 3.60. The molecule has 1 heterocycles. The van der Waals surface area contributed by atoms with Crippen molar-refractivity contribution in [2.45, 2.75) is 38.3 Å². The SMILES string of the molecule is CC(=O)c1ccc(SCC(=O)N(Cc2cnn(C)c2)C(C)C)c(F)c1. The zero-order valence-corrected chi connectivity index (χ0v) is 15.6. The van der Waals surface area contributed by atoms with Crippen LogP contribution in [0.15, 0.2) is 35.5 Å². The molecule has 2 rings (SSSR count). The van der Waals surface area contributed by atoms with E-state index in [9.17, 15) is 14.0 Å². The number of Topliss-reactive ketones (excluding diaryl/α,β-unsaturated/α-hetero) is 1. The summed E-state index contributed by atoms with van der Waals surface area (Å²) in [5.74, 6) is -0.601. The van der Waals surface area contributed by atoms with Crippen molar-refractivity contribution < 1.29 is 14.0 Å². The van der Waals surface area contributed by atoms with Crippen LogP contribution in [0, 0.1) is 5.82 Å². The number of ketones is 1. The molecule has 134 valence electrons. The van der Waals surface area contributed by atoms with E-state index in [0.29, 0.717) is 17.0 Å². The van der Waals surface area contributed by atoms with Gasteiger partial charge in [0.2, 0.25) is 5.91 Å². The number of carbonyl (C=O) groups excluding carboxylic acids is 2. The molecular weight excluding hydrogens is 341 g/mol.